The second-order valence-corrected chi connectivity index (χ2v) is 21.5. The Balaban J connectivity index is 1.03. The maximum atomic E-state index is 14.2. The minimum absolute atomic E-state index is 0.0592. The number of alkyl halides is 6. The molecule has 0 aliphatic carbocycles. The van der Waals surface area contributed by atoms with Crippen molar-refractivity contribution in [2.75, 3.05) is 48.8 Å². The molecule has 2 aliphatic heterocycles. The van der Waals surface area contributed by atoms with Crippen LogP contribution in [0, 0.1) is 5.92 Å². The molecule has 3 atom stereocenters. The first-order valence-corrected chi connectivity index (χ1v) is 25.8. The number of hydrogen-bond donors (Lipinski definition) is 4. The topological polar surface area (TPSA) is 156 Å². The Bertz CT molecular complexity index is 2740. The van der Waals surface area contributed by atoms with Gasteiger partial charge in [0.1, 0.15) is 4.90 Å². The van der Waals surface area contributed by atoms with Crippen LogP contribution in [0.3, 0.4) is 0 Å². The predicted octanol–water partition coefficient (Wildman–Crippen LogP) is 9.15. The van der Waals surface area contributed by atoms with E-state index in [1.807, 2.05) is 40.0 Å². The van der Waals surface area contributed by atoms with Crippen molar-refractivity contribution in [1.82, 2.24) is 9.62 Å². The zero-order valence-corrected chi connectivity index (χ0v) is 38.9. The molecule has 5 aromatic carbocycles. The molecule has 7 rings (SSSR count). The van der Waals surface area contributed by atoms with Crippen LogP contribution in [0.25, 0.3) is 11.1 Å². The molecule has 68 heavy (non-hydrogen) atoms. The molecule has 2 saturated heterocycles. The first-order valence-electron chi connectivity index (χ1n) is 21.9. The second-order valence-electron chi connectivity index (χ2n) is 16.8. The minimum atomic E-state index is -6.13. The Kier molecular flexibility index (Phi) is 15.9. The van der Waals surface area contributed by atoms with E-state index in [0.717, 1.165) is 42.0 Å². The monoisotopic (exact) mass is 1000 g/mol. The van der Waals surface area contributed by atoms with Crippen LogP contribution < -0.4 is 14.9 Å². The van der Waals surface area contributed by atoms with Crippen molar-refractivity contribution in [1.29, 1.82) is 0 Å². The van der Waals surface area contributed by atoms with Gasteiger partial charge < -0.3 is 20.4 Å². The van der Waals surface area contributed by atoms with Crippen LogP contribution in [0.2, 0.25) is 0 Å². The molecule has 0 radical (unpaired) electrons. The Labute approximate surface area is 395 Å². The number of sulfone groups is 1. The molecule has 0 spiro atoms. The average molecular weight is 1010 g/mol. The van der Waals surface area contributed by atoms with Crippen molar-refractivity contribution in [2.45, 2.75) is 76.7 Å². The van der Waals surface area contributed by atoms with E-state index in [-0.39, 0.29) is 24.1 Å². The van der Waals surface area contributed by atoms with Gasteiger partial charge >= 0.3 is 11.7 Å². The lowest BCUT2D eigenvalue weighted by atomic mass is 9.84. The molecule has 2 aliphatic rings. The maximum Gasteiger partial charge on any atom is 0.501 e. The Hall–Kier alpha value is -5.12. The van der Waals surface area contributed by atoms with Crippen molar-refractivity contribution < 1.29 is 58.2 Å². The molecule has 0 aromatic heterocycles. The van der Waals surface area contributed by atoms with Gasteiger partial charge in [0.25, 0.3) is 25.8 Å². The van der Waals surface area contributed by atoms with Crippen LogP contribution in [0.15, 0.2) is 136 Å². The lowest BCUT2D eigenvalue weighted by Crippen LogP contribution is -2.38. The fourth-order valence-electron chi connectivity index (χ4n) is 8.80. The SMILES string of the molecule is O=C(NS(=O)(=O)c1ccc(N[C@@H](CSc2ccccc2)C[C@@H]2CCCN2CCO)c(S(=O)(=O)C(F)(F)F)c1)c1ccc(N2CCC(C(O)c3ccccc3-c3ccc(C(F)(F)F)cc3)CC2)cc1. The molecule has 0 saturated carbocycles. The summed E-state index contributed by atoms with van der Waals surface area (Å²) in [4.78, 5) is 16.1. The van der Waals surface area contributed by atoms with Gasteiger partial charge in [-0.1, -0.05) is 54.6 Å². The molecule has 20 heteroatoms. The summed E-state index contributed by atoms with van der Waals surface area (Å²) in [5.74, 6) is -0.995. The highest BCUT2D eigenvalue weighted by Gasteiger charge is 2.48. The van der Waals surface area contributed by atoms with Crippen molar-refractivity contribution in [3.05, 3.63) is 138 Å². The quantitative estimate of drug-likeness (QED) is 0.0521. The number of β-amino-alcohol motifs (C(OH)–C–C–N with tert-alkyl or cyclic N) is 1. The van der Waals surface area contributed by atoms with Gasteiger partial charge in [0.05, 0.1) is 28.9 Å². The van der Waals surface area contributed by atoms with E-state index in [1.165, 1.54) is 36.0 Å². The number of likely N-dealkylation sites (tertiary alicyclic amines) is 1. The van der Waals surface area contributed by atoms with Gasteiger partial charge in [-0.2, -0.15) is 26.3 Å². The van der Waals surface area contributed by atoms with Crippen LogP contribution in [-0.2, 0) is 26.0 Å². The molecule has 2 fully saturated rings. The third kappa shape index (κ3) is 12.0. The predicted molar refractivity (Wildman–Crippen MR) is 248 cm³/mol. The van der Waals surface area contributed by atoms with Gasteiger partial charge in [-0.15, -0.1) is 11.8 Å². The molecule has 1 unspecified atom stereocenters. The number of nitrogens with zero attached hydrogens (tertiary/aromatic N) is 2. The van der Waals surface area contributed by atoms with Crippen molar-refractivity contribution >= 4 is 48.9 Å². The summed E-state index contributed by atoms with van der Waals surface area (Å²) in [7, 11) is -11.1. The number of rotatable bonds is 17. The molecular formula is C48H50F6N4O7S3. The van der Waals surface area contributed by atoms with E-state index >= 15 is 0 Å². The zero-order chi connectivity index (χ0) is 48.9. The average Bonchev–Trinajstić information content (AvgIpc) is 3.76. The van der Waals surface area contributed by atoms with Crippen LogP contribution in [-0.4, -0.2) is 94.0 Å². The Morgan fingerprint density at radius 2 is 1.46 bits per heavy atom. The van der Waals surface area contributed by atoms with Gasteiger partial charge in [0.15, 0.2) is 0 Å². The zero-order valence-electron chi connectivity index (χ0n) is 36.5. The highest BCUT2D eigenvalue weighted by Crippen LogP contribution is 2.40. The standard InChI is InChI=1S/C48H50F6N4O7S3/c49-47(50,51)35-16-12-32(13-17-35)41-10-4-5-11-42(41)45(60)33-22-25-58(26-23-33)37-18-14-34(15-19-37)46(61)56-68(64,65)40-20-21-43(44(30-40)67(62,63)48(52,53)54)55-36(31-66-39-8-2-1-3-9-39)29-38-7-6-24-57(38)27-28-59/h1-5,8-21,30,33,36,38,45,55,59-60H,6-7,22-29,31H2,(H,56,61)/t36-,38+,45?/m1/s1. The number of piperidine rings is 1. The van der Waals surface area contributed by atoms with E-state index in [9.17, 15) is 58.2 Å². The Morgan fingerprint density at radius 1 is 0.794 bits per heavy atom. The number of hydrogen-bond acceptors (Lipinski definition) is 11. The van der Waals surface area contributed by atoms with Crippen LogP contribution >= 0.6 is 11.8 Å². The van der Waals surface area contributed by atoms with Crippen LogP contribution in [0.5, 0.6) is 0 Å². The molecule has 2 heterocycles. The number of halogens is 6. The lowest BCUT2D eigenvalue weighted by Gasteiger charge is -2.36. The Morgan fingerprint density at radius 3 is 2.10 bits per heavy atom. The molecule has 1 amide bonds. The van der Waals surface area contributed by atoms with Gasteiger partial charge in [0, 0.05) is 53.6 Å². The number of carbonyl (C=O) groups is 1. The summed E-state index contributed by atoms with van der Waals surface area (Å²) >= 11 is 1.41. The number of aliphatic hydroxyl groups excluding tert-OH is 2. The first kappa shape index (κ1) is 50.7. The second kappa shape index (κ2) is 21.3. The number of benzene rings is 5. The fraction of sp³-hybridized carbons (Fsp3) is 0.354. The molecule has 4 N–H and O–H groups in total. The normalized spacial score (nSPS) is 17.5. The summed E-state index contributed by atoms with van der Waals surface area (Å²) in [6.45, 7) is 2.00. The van der Waals surface area contributed by atoms with E-state index < -0.39 is 70.6 Å². The minimum Gasteiger partial charge on any atom is -0.395 e. The molecule has 11 nitrogen and oxygen atoms in total. The van der Waals surface area contributed by atoms with E-state index in [2.05, 4.69) is 10.2 Å². The third-order valence-electron chi connectivity index (χ3n) is 12.4. The summed E-state index contributed by atoms with van der Waals surface area (Å²) in [6, 6.07) is 28.5. The van der Waals surface area contributed by atoms with Crippen molar-refractivity contribution in [3.63, 3.8) is 0 Å². The summed E-state index contributed by atoms with van der Waals surface area (Å²) in [5, 5.41) is 24.1. The third-order valence-corrected chi connectivity index (χ3v) is 16.4. The van der Waals surface area contributed by atoms with E-state index in [4.69, 9.17) is 0 Å². The number of sulfonamides is 1. The lowest BCUT2D eigenvalue weighted by molar-refractivity contribution is -0.137. The molecule has 364 valence electrons. The number of aliphatic hydroxyl groups is 2. The summed E-state index contributed by atoms with van der Waals surface area (Å²) < 4.78 is 137. The van der Waals surface area contributed by atoms with E-state index in [1.54, 1.807) is 36.4 Å². The first-order chi connectivity index (χ1) is 32.2. The number of carbonyl (C=O) groups excluding carboxylic acids is 1. The smallest absolute Gasteiger partial charge is 0.395 e. The van der Waals surface area contributed by atoms with Crippen molar-refractivity contribution in [2.24, 2.45) is 5.92 Å². The highest BCUT2D eigenvalue weighted by atomic mass is 32.2. The fourth-order valence-corrected chi connectivity index (χ4v) is 11.8. The van der Waals surface area contributed by atoms with Crippen LogP contribution in [0.1, 0.15) is 59.7 Å². The largest absolute Gasteiger partial charge is 0.501 e. The number of amides is 1. The van der Waals surface area contributed by atoms with Crippen molar-refractivity contribution in [3.8, 4) is 11.1 Å². The summed E-state index contributed by atoms with van der Waals surface area (Å²) in [6.07, 6.45) is -2.34. The molecule has 0 bridgehead atoms. The molecular weight excluding hydrogens is 955 g/mol. The number of anilines is 2. The van der Waals surface area contributed by atoms with Gasteiger partial charge in [-0.3, -0.25) is 9.69 Å². The summed E-state index contributed by atoms with van der Waals surface area (Å²) in [5.41, 5.74) is -4.72. The number of thioether (sulfide) groups is 1. The highest BCUT2D eigenvalue weighted by molar-refractivity contribution is 7.99. The van der Waals surface area contributed by atoms with E-state index in [0.29, 0.717) is 79.6 Å². The van der Waals surface area contributed by atoms with Crippen LogP contribution in [0.4, 0.5) is 37.7 Å². The van der Waals surface area contributed by atoms with Gasteiger partial charge in [-0.05, 0) is 128 Å². The van der Waals surface area contributed by atoms with Gasteiger partial charge in [-0.25, -0.2) is 21.6 Å². The molecule has 5 aromatic rings. The maximum absolute atomic E-state index is 14.2. The van der Waals surface area contributed by atoms with Gasteiger partial charge in [0.2, 0.25) is 0 Å². The number of nitrogens with one attached hydrogen (secondary N) is 2.